The van der Waals surface area contributed by atoms with E-state index in [9.17, 15) is 4.79 Å². The molecule has 6 heteroatoms. The molecule has 0 radical (unpaired) electrons. The van der Waals surface area contributed by atoms with Gasteiger partial charge in [0.05, 0.1) is 0 Å². The van der Waals surface area contributed by atoms with E-state index >= 15 is 0 Å². The fourth-order valence-electron chi connectivity index (χ4n) is 3.09. The van der Waals surface area contributed by atoms with E-state index in [0.717, 1.165) is 22.5 Å². The molecule has 0 atom stereocenters. The summed E-state index contributed by atoms with van der Waals surface area (Å²) in [4.78, 5) is 23.1. The zero-order valence-electron chi connectivity index (χ0n) is 16.5. The maximum absolute atomic E-state index is 12.4. The molecule has 0 aliphatic carbocycles. The highest BCUT2D eigenvalue weighted by Crippen LogP contribution is 2.28. The van der Waals surface area contributed by atoms with Crippen LogP contribution in [-0.2, 0) is 0 Å². The quantitative estimate of drug-likeness (QED) is 0.477. The third-order valence-corrected chi connectivity index (χ3v) is 4.67. The third-order valence-electron chi connectivity index (χ3n) is 4.67. The van der Waals surface area contributed by atoms with E-state index in [0.29, 0.717) is 17.3 Å². The smallest absolute Gasteiger partial charge is 0.256 e. The Hall–Kier alpha value is -4.19. The Balaban J connectivity index is 1.57. The Morgan fingerprint density at radius 2 is 1.63 bits per heavy atom. The lowest BCUT2D eigenvalue weighted by Crippen LogP contribution is -2.16. The third kappa shape index (κ3) is 4.28. The maximum Gasteiger partial charge on any atom is 0.256 e. The average Bonchev–Trinajstić information content (AvgIpc) is 2.79. The number of nitrogen functional groups attached to an aromatic ring is 1. The molecule has 1 amide bonds. The molecule has 30 heavy (non-hydrogen) atoms. The minimum Gasteiger partial charge on any atom is -0.399 e. The molecule has 4 rings (SSSR count). The summed E-state index contributed by atoms with van der Waals surface area (Å²) in [5, 5.41) is 2.82. The SMILES string of the molecule is CN(c1cccc(-c2cccc(N)c2)c1)c1nccc(NC(=O)c2ccccc2)n1. The van der Waals surface area contributed by atoms with Gasteiger partial charge in [0.15, 0.2) is 0 Å². The number of nitrogens with two attached hydrogens (primary N) is 1. The predicted octanol–water partition coefficient (Wildman–Crippen LogP) is 4.75. The van der Waals surface area contributed by atoms with Gasteiger partial charge >= 0.3 is 0 Å². The van der Waals surface area contributed by atoms with E-state index < -0.39 is 0 Å². The lowest BCUT2D eigenvalue weighted by atomic mass is 10.0. The topological polar surface area (TPSA) is 84.1 Å². The number of hydrogen-bond acceptors (Lipinski definition) is 5. The van der Waals surface area contributed by atoms with E-state index in [4.69, 9.17) is 5.73 Å². The summed E-state index contributed by atoms with van der Waals surface area (Å²) in [6.07, 6.45) is 1.63. The summed E-state index contributed by atoms with van der Waals surface area (Å²) in [6.45, 7) is 0. The van der Waals surface area contributed by atoms with Crippen LogP contribution in [0.15, 0.2) is 91.1 Å². The highest BCUT2D eigenvalue weighted by atomic mass is 16.1. The van der Waals surface area contributed by atoms with Crippen LogP contribution >= 0.6 is 0 Å². The van der Waals surface area contributed by atoms with Crippen LogP contribution in [0.25, 0.3) is 11.1 Å². The van der Waals surface area contributed by atoms with Gasteiger partial charge in [0.25, 0.3) is 5.91 Å². The standard InChI is InChI=1S/C24H21N5O/c1-29(21-12-6-10-19(16-21)18-9-5-11-20(25)15-18)24-26-14-13-22(28-24)27-23(30)17-7-3-2-4-8-17/h2-16H,25H2,1H3,(H,26,27,28,30). The lowest BCUT2D eigenvalue weighted by molar-refractivity contribution is 0.102. The highest BCUT2D eigenvalue weighted by Gasteiger charge is 2.11. The second-order valence-electron chi connectivity index (χ2n) is 6.80. The minimum absolute atomic E-state index is 0.216. The van der Waals surface area contributed by atoms with Crippen molar-refractivity contribution in [2.45, 2.75) is 0 Å². The number of aromatic nitrogens is 2. The second kappa shape index (κ2) is 8.45. The lowest BCUT2D eigenvalue weighted by Gasteiger charge is -2.18. The number of nitrogens with one attached hydrogen (secondary N) is 1. The summed E-state index contributed by atoms with van der Waals surface area (Å²) in [5.74, 6) is 0.699. The van der Waals surface area contributed by atoms with Gasteiger partial charge in [-0.25, -0.2) is 4.98 Å². The maximum atomic E-state index is 12.4. The molecule has 1 heterocycles. The zero-order chi connectivity index (χ0) is 20.9. The molecule has 0 aliphatic rings. The average molecular weight is 395 g/mol. The number of rotatable bonds is 5. The van der Waals surface area contributed by atoms with Crippen molar-refractivity contribution in [3.8, 4) is 11.1 Å². The van der Waals surface area contributed by atoms with Gasteiger partial charge in [0.2, 0.25) is 5.95 Å². The molecule has 1 aromatic heterocycles. The van der Waals surface area contributed by atoms with Crippen LogP contribution in [-0.4, -0.2) is 22.9 Å². The van der Waals surface area contributed by atoms with Crippen LogP contribution < -0.4 is 16.0 Å². The van der Waals surface area contributed by atoms with Crippen molar-refractivity contribution in [1.82, 2.24) is 9.97 Å². The van der Waals surface area contributed by atoms with Gasteiger partial charge in [0.1, 0.15) is 5.82 Å². The number of carbonyl (C=O) groups is 1. The normalized spacial score (nSPS) is 10.4. The molecular weight excluding hydrogens is 374 g/mol. The monoisotopic (exact) mass is 395 g/mol. The number of carbonyl (C=O) groups excluding carboxylic acids is 1. The van der Waals surface area contributed by atoms with Gasteiger partial charge in [-0.05, 0) is 53.6 Å². The number of amides is 1. The van der Waals surface area contributed by atoms with Crippen LogP contribution in [0.1, 0.15) is 10.4 Å². The summed E-state index contributed by atoms with van der Waals surface area (Å²) in [7, 11) is 1.89. The molecule has 0 spiro atoms. The Kier molecular flexibility index (Phi) is 5.39. The fourth-order valence-corrected chi connectivity index (χ4v) is 3.09. The van der Waals surface area contributed by atoms with Crippen LogP contribution in [0.5, 0.6) is 0 Å². The van der Waals surface area contributed by atoms with Crippen LogP contribution in [0, 0.1) is 0 Å². The molecule has 6 nitrogen and oxygen atoms in total. The van der Waals surface area contributed by atoms with Gasteiger partial charge in [-0.15, -0.1) is 0 Å². The molecule has 0 saturated heterocycles. The Labute approximate surface area is 175 Å². The number of anilines is 4. The molecule has 3 N–H and O–H groups in total. The Bertz CT molecular complexity index is 1180. The van der Waals surface area contributed by atoms with Gasteiger partial charge in [-0.2, -0.15) is 4.98 Å². The van der Waals surface area contributed by atoms with Crippen molar-refractivity contribution in [2.24, 2.45) is 0 Å². The first-order valence-corrected chi connectivity index (χ1v) is 9.49. The first kappa shape index (κ1) is 19.1. The summed E-state index contributed by atoms with van der Waals surface area (Å²) >= 11 is 0. The predicted molar refractivity (Wildman–Crippen MR) is 121 cm³/mol. The van der Waals surface area contributed by atoms with Crippen molar-refractivity contribution in [2.75, 3.05) is 23.0 Å². The van der Waals surface area contributed by atoms with Crippen LogP contribution in [0.3, 0.4) is 0 Å². The summed E-state index contributed by atoms with van der Waals surface area (Å²) in [6, 6.07) is 26.5. The van der Waals surface area contributed by atoms with Crippen molar-refractivity contribution >= 4 is 29.0 Å². The first-order chi connectivity index (χ1) is 14.6. The van der Waals surface area contributed by atoms with Crippen molar-refractivity contribution in [3.05, 3.63) is 96.7 Å². The Morgan fingerprint density at radius 3 is 2.40 bits per heavy atom. The molecule has 0 bridgehead atoms. The molecule has 0 aliphatic heterocycles. The van der Waals surface area contributed by atoms with Crippen molar-refractivity contribution in [1.29, 1.82) is 0 Å². The van der Waals surface area contributed by atoms with Crippen molar-refractivity contribution in [3.63, 3.8) is 0 Å². The first-order valence-electron chi connectivity index (χ1n) is 9.49. The van der Waals surface area contributed by atoms with E-state index in [-0.39, 0.29) is 5.91 Å². The largest absolute Gasteiger partial charge is 0.399 e. The van der Waals surface area contributed by atoms with Gasteiger partial charge < -0.3 is 16.0 Å². The van der Waals surface area contributed by atoms with E-state index in [1.165, 1.54) is 0 Å². The van der Waals surface area contributed by atoms with E-state index in [1.807, 2.05) is 78.7 Å². The van der Waals surface area contributed by atoms with Gasteiger partial charge in [0, 0.05) is 30.2 Å². The number of nitrogens with zero attached hydrogens (tertiary/aromatic N) is 3. The highest BCUT2D eigenvalue weighted by molar-refractivity contribution is 6.03. The van der Waals surface area contributed by atoms with Gasteiger partial charge in [-0.1, -0.05) is 42.5 Å². The summed E-state index contributed by atoms with van der Waals surface area (Å²) < 4.78 is 0. The molecule has 4 aromatic rings. The van der Waals surface area contributed by atoms with E-state index in [1.54, 1.807) is 24.4 Å². The molecule has 0 unspecified atom stereocenters. The molecule has 0 saturated carbocycles. The zero-order valence-corrected chi connectivity index (χ0v) is 16.5. The molecule has 3 aromatic carbocycles. The summed E-state index contributed by atoms with van der Waals surface area (Å²) in [5.41, 5.74) is 10.2. The molecular formula is C24H21N5O. The molecule has 0 fully saturated rings. The van der Waals surface area contributed by atoms with Crippen LogP contribution in [0.2, 0.25) is 0 Å². The van der Waals surface area contributed by atoms with Gasteiger partial charge in [-0.3, -0.25) is 4.79 Å². The second-order valence-corrected chi connectivity index (χ2v) is 6.80. The fraction of sp³-hybridized carbons (Fsp3) is 0.0417. The molecule has 148 valence electrons. The number of hydrogen-bond donors (Lipinski definition) is 2. The number of benzene rings is 3. The minimum atomic E-state index is -0.216. The Morgan fingerprint density at radius 1 is 0.900 bits per heavy atom. The van der Waals surface area contributed by atoms with Crippen molar-refractivity contribution < 1.29 is 4.79 Å². The van der Waals surface area contributed by atoms with Crippen LogP contribution in [0.4, 0.5) is 23.1 Å². The van der Waals surface area contributed by atoms with E-state index in [2.05, 4.69) is 15.3 Å².